The third-order valence-electron chi connectivity index (χ3n) is 7.22. The molecule has 2 amide bonds. The molecular formula is C26H44N6O4. The second-order valence-corrected chi connectivity index (χ2v) is 11.4. The number of aliphatic imine (C=N–C) groups is 1. The van der Waals surface area contributed by atoms with Crippen LogP contribution >= 0.6 is 0 Å². The van der Waals surface area contributed by atoms with E-state index >= 15 is 0 Å². The van der Waals surface area contributed by atoms with Crippen molar-refractivity contribution in [2.75, 3.05) is 45.9 Å². The number of morpholine rings is 1. The van der Waals surface area contributed by atoms with Crippen molar-refractivity contribution in [2.45, 2.75) is 90.3 Å². The van der Waals surface area contributed by atoms with E-state index in [0.717, 1.165) is 45.3 Å². The Hall–Kier alpha value is -2.38. The van der Waals surface area contributed by atoms with Crippen molar-refractivity contribution in [3.63, 3.8) is 0 Å². The minimum absolute atomic E-state index is 0.0749. The van der Waals surface area contributed by atoms with Gasteiger partial charge in [-0.2, -0.15) is 5.26 Å². The van der Waals surface area contributed by atoms with Crippen molar-refractivity contribution in [2.24, 2.45) is 10.4 Å². The van der Waals surface area contributed by atoms with Crippen LogP contribution in [0, 0.1) is 16.7 Å². The van der Waals surface area contributed by atoms with Gasteiger partial charge in [-0.15, -0.1) is 0 Å². The molecule has 1 atom stereocenters. The zero-order chi connectivity index (χ0) is 26.2. The number of hydrogen-bond donors (Lipinski definition) is 2. The zero-order valence-corrected chi connectivity index (χ0v) is 22.5. The first-order valence-electron chi connectivity index (χ1n) is 13.5. The molecule has 202 valence electrons. The zero-order valence-electron chi connectivity index (χ0n) is 22.5. The van der Waals surface area contributed by atoms with Gasteiger partial charge in [0.15, 0.2) is 0 Å². The Kier molecular flexibility index (Phi) is 9.97. The van der Waals surface area contributed by atoms with Crippen LogP contribution in [0.4, 0.5) is 4.79 Å². The largest absolute Gasteiger partial charge is 0.446 e. The minimum Gasteiger partial charge on any atom is -0.446 e. The van der Waals surface area contributed by atoms with E-state index in [1.807, 2.05) is 4.90 Å². The van der Waals surface area contributed by atoms with Gasteiger partial charge in [0.25, 0.3) is 0 Å². The number of nitrogens with one attached hydrogen (secondary N) is 2. The fourth-order valence-corrected chi connectivity index (χ4v) is 5.01. The monoisotopic (exact) mass is 504 g/mol. The van der Waals surface area contributed by atoms with E-state index in [1.165, 1.54) is 0 Å². The van der Waals surface area contributed by atoms with Gasteiger partial charge in [-0.1, -0.05) is 27.7 Å². The first kappa shape index (κ1) is 28.2. The van der Waals surface area contributed by atoms with Gasteiger partial charge in [0.1, 0.15) is 17.7 Å². The molecule has 2 N–H and O–H groups in total. The van der Waals surface area contributed by atoms with Gasteiger partial charge in [-0.3, -0.25) is 10.1 Å². The second kappa shape index (κ2) is 12.7. The molecule has 3 rings (SSSR count). The number of piperidine rings is 1. The normalized spacial score (nSPS) is 22.5. The topological polar surface area (TPSA) is 119 Å². The van der Waals surface area contributed by atoms with Crippen LogP contribution in [-0.4, -0.2) is 91.4 Å². The number of alkyl carbamates (subject to hydrolysis) is 1. The smallest absolute Gasteiger partial charge is 0.414 e. The molecule has 2 aliphatic heterocycles. The van der Waals surface area contributed by atoms with Crippen LogP contribution in [0.5, 0.6) is 0 Å². The molecule has 0 aromatic carbocycles. The summed E-state index contributed by atoms with van der Waals surface area (Å²) < 4.78 is 11.1. The number of amides is 2. The average Bonchev–Trinajstić information content (AvgIpc) is 3.36. The van der Waals surface area contributed by atoms with Crippen molar-refractivity contribution >= 4 is 18.0 Å². The number of guanidine groups is 1. The second-order valence-electron chi connectivity index (χ2n) is 11.4. The Morgan fingerprint density at radius 3 is 2.36 bits per heavy atom. The summed E-state index contributed by atoms with van der Waals surface area (Å²) in [5, 5.41) is 15.9. The van der Waals surface area contributed by atoms with Crippen molar-refractivity contribution in [1.82, 2.24) is 20.4 Å². The molecule has 3 fully saturated rings. The van der Waals surface area contributed by atoms with E-state index in [0.29, 0.717) is 51.5 Å². The lowest BCUT2D eigenvalue weighted by molar-refractivity contribution is -0.124. The number of likely N-dealkylation sites (tertiary alicyclic amines) is 1. The predicted octanol–water partition coefficient (Wildman–Crippen LogP) is 2.64. The fraction of sp³-hybridized carbons (Fsp3) is 0.846. The van der Waals surface area contributed by atoms with Crippen LogP contribution < -0.4 is 10.6 Å². The van der Waals surface area contributed by atoms with E-state index in [4.69, 9.17) is 14.5 Å². The number of hydrogen-bond acceptors (Lipinski definition) is 7. The summed E-state index contributed by atoms with van der Waals surface area (Å²) in [6, 6.07) is 1.62. The van der Waals surface area contributed by atoms with E-state index in [2.05, 4.69) is 49.3 Å². The van der Waals surface area contributed by atoms with Crippen LogP contribution in [-0.2, 0) is 14.3 Å². The van der Waals surface area contributed by atoms with Crippen LogP contribution in [0.25, 0.3) is 0 Å². The standard InChI is InChI=1S/C26H44N6O4/c1-5-31-12-10-26(19-27,11-13-31)30-22(33)21(18-25(2,3)4)28-23(32-14-16-35-17-15-32)29-24(34)36-20-8-6-7-9-20/h20-21H,5-18H2,1-4H3,(H,30,33)(H,28,29,34). The van der Waals surface area contributed by atoms with E-state index in [1.54, 1.807) is 0 Å². The maximum Gasteiger partial charge on any atom is 0.414 e. The third-order valence-corrected chi connectivity index (χ3v) is 7.22. The molecule has 0 aromatic heterocycles. The van der Waals surface area contributed by atoms with E-state index in [-0.39, 0.29) is 17.4 Å². The van der Waals surface area contributed by atoms with Gasteiger partial charge in [0.2, 0.25) is 11.9 Å². The van der Waals surface area contributed by atoms with Gasteiger partial charge in [-0.05, 0) is 56.9 Å². The summed E-state index contributed by atoms with van der Waals surface area (Å²) in [5.41, 5.74) is -1.10. The minimum atomic E-state index is -0.900. The van der Waals surface area contributed by atoms with Crippen molar-refractivity contribution in [3.05, 3.63) is 0 Å². The maximum absolute atomic E-state index is 13.6. The summed E-state index contributed by atoms with van der Waals surface area (Å²) in [5.74, 6) is 0.0469. The highest BCUT2D eigenvalue weighted by Crippen LogP contribution is 2.26. The van der Waals surface area contributed by atoms with Crippen molar-refractivity contribution < 1.29 is 19.1 Å². The van der Waals surface area contributed by atoms with Crippen LogP contribution in [0.3, 0.4) is 0 Å². The number of carbonyl (C=O) groups is 2. The Balaban J connectivity index is 1.81. The summed E-state index contributed by atoms with van der Waals surface area (Å²) >= 11 is 0. The van der Waals surface area contributed by atoms with Crippen molar-refractivity contribution in [1.29, 1.82) is 5.26 Å². The molecule has 3 aliphatic rings. The number of nitriles is 1. The summed E-state index contributed by atoms with van der Waals surface area (Å²) in [6.45, 7) is 12.9. The van der Waals surface area contributed by atoms with Crippen LogP contribution in [0.15, 0.2) is 4.99 Å². The lowest BCUT2D eigenvalue weighted by Crippen LogP contribution is -2.57. The molecule has 0 spiro atoms. The van der Waals surface area contributed by atoms with Gasteiger partial charge in [-0.25, -0.2) is 9.79 Å². The molecule has 1 saturated carbocycles. The Labute approximate surface area is 215 Å². The maximum atomic E-state index is 13.6. The average molecular weight is 505 g/mol. The van der Waals surface area contributed by atoms with Gasteiger partial charge < -0.3 is 24.6 Å². The first-order valence-corrected chi connectivity index (χ1v) is 13.5. The van der Waals surface area contributed by atoms with Crippen molar-refractivity contribution in [3.8, 4) is 6.07 Å². The summed E-state index contributed by atoms with van der Waals surface area (Å²) in [6.07, 6.45) is 4.89. The highest BCUT2D eigenvalue weighted by molar-refractivity contribution is 5.96. The number of carbonyl (C=O) groups excluding carboxylic acids is 2. The lowest BCUT2D eigenvalue weighted by atomic mass is 9.86. The molecule has 2 saturated heterocycles. The summed E-state index contributed by atoms with van der Waals surface area (Å²) in [4.78, 5) is 35.4. The van der Waals surface area contributed by atoms with Gasteiger partial charge >= 0.3 is 6.09 Å². The number of nitrogens with zero attached hydrogens (tertiary/aromatic N) is 4. The molecule has 10 heteroatoms. The molecule has 0 radical (unpaired) electrons. The molecule has 36 heavy (non-hydrogen) atoms. The molecule has 10 nitrogen and oxygen atoms in total. The highest BCUT2D eigenvalue weighted by Gasteiger charge is 2.38. The Morgan fingerprint density at radius 2 is 1.81 bits per heavy atom. The predicted molar refractivity (Wildman–Crippen MR) is 137 cm³/mol. The molecule has 1 aliphatic carbocycles. The van der Waals surface area contributed by atoms with Gasteiger partial charge in [0.05, 0.1) is 19.3 Å². The molecule has 1 unspecified atom stereocenters. The quantitative estimate of drug-likeness (QED) is 0.422. The molecule has 2 heterocycles. The Morgan fingerprint density at radius 1 is 1.17 bits per heavy atom. The van der Waals surface area contributed by atoms with Crippen LogP contribution in [0.2, 0.25) is 0 Å². The number of ether oxygens (including phenoxy) is 2. The molecular weight excluding hydrogens is 460 g/mol. The lowest BCUT2D eigenvalue weighted by Gasteiger charge is -2.38. The summed E-state index contributed by atoms with van der Waals surface area (Å²) in [7, 11) is 0. The highest BCUT2D eigenvalue weighted by atomic mass is 16.6. The van der Waals surface area contributed by atoms with E-state index < -0.39 is 17.7 Å². The van der Waals surface area contributed by atoms with E-state index in [9.17, 15) is 14.9 Å². The Bertz CT molecular complexity index is 813. The van der Waals surface area contributed by atoms with Crippen LogP contribution in [0.1, 0.15) is 72.6 Å². The molecule has 0 bridgehead atoms. The fourth-order valence-electron chi connectivity index (χ4n) is 5.01. The molecule has 0 aromatic rings. The third kappa shape index (κ3) is 8.34. The van der Waals surface area contributed by atoms with Gasteiger partial charge in [0, 0.05) is 26.2 Å². The number of rotatable bonds is 6. The first-order chi connectivity index (χ1) is 17.1. The SMILES string of the molecule is CCN1CCC(C#N)(NC(=O)C(CC(C)(C)C)N=C(NC(=O)OC2CCCC2)N2CCOCC2)CC1.